The van der Waals surface area contributed by atoms with Crippen LogP contribution in [0.15, 0.2) is 54.6 Å². The summed E-state index contributed by atoms with van der Waals surface area (Å²) in [6.07, 6.45) is 2.18. The van der Waals surface area contributed by atoms with Crippen molar-refractivity contribution in [3.05, 3.63) is 65.7 Å². The van der Waals surface area contributed by atoms with Gasteiger partial charge in [-0.05, 0) is 36.2 Å². The van der Waals surface area contributed by atoms with E-state index in [1.165, 1.54) is 5.56 Å². The van der Waals surface area contributed by atoms with Gasteiger partial charge in [0.15, 0.2) is 0 Å². The predicted octanol–water partition coefficient (Wildman–Crippen LogP) is 3.92. The molecule has 98 valence electrons. The molecular weight excluding hydrogens is 234 g/mol. The number of carbonyl (C=O) groups is 1. The number of benzene rings is 2. The fourth-order valence-corrected chi connectivity index (χ4v) is 2.07. The summed E-state index contributed by atoms with van der Waals surface area (Å²) in [5.41, 5.74) is 2.91. The Hall–Kier alpha value is -2.09. The average Bonchev–Trinajstić information content (AvgIpc) is 2.48. The molecule has 0 aliphatic rings. The minimum atomic E-state index is 0.0225. The van der Waals surface area contributed by atoms with E-state index in [0.29, 0.717) is 0 Å². The second-order valence-electron chi connectivity index (χ2n) is 4.65. The Kier molecular flexibility index (Phi) is 4.35. The number of rotatable bonds is 4. The maximum Gasteiger partial charge on any atom is 0.258 e. The van der Waals surface area contributed by atoms with Crippen LogP contribution in [0.25, 0.3) is 0 Å². The van der Waals surface area contributed by atoms with Crippen LogP contribution >= 0.6 is 0 Å². The minimum absolute atomic E-state index is 0.0225. The Bertz CT molecular complexity index is 531. The summed E-state index contributed by atoms with van der Waals surface area (Å²) in [4.78, 5) is 14.0. The lowest BCUT2D eigenvalue weighted by Crippen LogP contribution is -2.26. The summed E-state index contributed by atoms with van der Waals surface area (Å²) >= 11 is 0. The molecule has 0 N–H and O–H groups in total. The quantitative estimate of drug-likeness (QED) is 0.808. The first kappa shape index (κ1) is 13.3. The van der Waals surface area contributed by atoms with E-state index in [0.717, 1.165) is 24.1 Å². The standard InChI is InChI=1S/C17H19NO/c1-3-7-14-10-12-15(13-11-14)17(19)18(2)16-8-5-4-6-9-16/h4-6,8-13H,3,7H2,1-2H3. The highest BCUT2D eigenvalue weighted by Crippen LogP contribution is 2.15. The molecule has 2 heteroatoms. The fraction of sp³-hybridized carbons (Fsp3) is 0.235. The SMILES string of the molecule is CCCc1ccc(C(=O)N(C)c2ccccc2)cc1. The molecule has 0 aliphatic heterocycles. The van der Waals surface area contributed by atoms with E-state index >= 15 is 0 Å². The zero-order valence-electron chi connectivity index (χ0n) is 11.5. The molecule has 2 nitrogen and oxygen atoms in total. The van der Waals surface area contributed by atoms with Gasteiger partial charge in [0.25, 0.3) is 5.91 Å². The molecule has 0 saturated heterocycles. The summed E-state index contributed by atoms with van der Waals surface area (Å²) in [5, 5.41) is 0. The van der Waals surface area contributed by atoms with Crippen LogP contribution in [0.4, 0.5) is 5.69 Å². The lowest BCUT2D eigenvalue weighted by molar-refractivity contribution is 0.0993. The highest BCUT2D eigenvalue weighted by molar-refractivity contribution is 6.05. The monoisotopic (exact) mass is 253 g/mol. The number of anilines is 1. The summed E-state index contributed by atoms with van der Waals surface area (Å²) < 4.78 is 0. The second kappa shape index (κ2) is 6.19. The van der Waals surface area contributed by atoms with Gasteiger partial charge in [-0.2, -0.15) is 0 Å². The fourth-order valence-electron chi connectivity index (χ4n) is 2.07. The van der Waals surface area contributed by atoms with Crippen molar-refractivity contribution >= 4 is 11.6 Å². The molecular formula is C17H19NO. The Labute approximate surface area is 114 Å². The van der Waals surface area contributed by atoms with E-state index in [1.54, 1.807) is 11.9 Å². The second-order valence-corrected chi connectivity index (χ2v) is 4.65. The summed E-state index contributed by atoms with van der Waals surface area (Å²) in [7, 11) is 1.80. The molecule has 0 atom stereocenters. The van der Waals surface area contributed by atoms with Crippen molar-refractivity contribution in [3.63, 3.8) is 0 Å². The maximum absolute atomic E-state index is 12.3. The Balaban J connectivity index is 2.15. The molecule has 1 amide bonds. The zero-order chi connectivity index (χ0) is 13.7. The molecule has 0 aromatic heterocycles. The first-order valence-electron chi connectivity index (χ1n) is 6.64. The van der Waals surface area contributed by atoms with E-state index in [2.05, 4.69) is 6.92 Å². The Morgan fingerprint density at radius 2 is 1.63 bits per heavy atom. The molecule has 2 rings (SSSR count). The van der Waals surface area contributed by atoms with Crippen molar-refractivity contribution in [2.24, 2.45) is 0 Å². The van der Waals surface area contributed by atoms with Gasteiger partial charge in [0, 0.05) is 18.3 Å². The van der Waals surface area contributed by atoms with E-state index in [1.807, 2.05) is 54.6 Å². The van der Waals surface area contributed by atoms with E-state index in [-0.39, 0.29) is 5.91 Å². The van der Waals surface area contributed by atoms with Crippen LogP contribution in [0.5, 0.6) is 0 Å². The summed E-state index contributed by atoms with van der Waals surface area (Å²) in [6, 6.07) is 17.6. The van der Waals surface area contributed by atoms with Crippen LogP contribution in [-0.2, 0) is 6.42 Å². The first-order chi connectivity index (χ1) is 9.22. The molecule has 0 heterocycles. The normalized spacial score (nSPS) is 10.2. The maximum atomic E-state index is 12.3. The third-order valence-electron chi connectivity index (χ3n) is 3.19. The van der Waals surface area contributed by atoms with E-state index in [4.69, 9.17) is 0 Å². The molecule has 2 aromatic rings. The molecule has 0 fully saturated rings. The highest BCUT2D eigenvalue weighted by atomic mass is 16.2. The van der Waals surface area contributed by atoms with E-state index in [9.17, 15) is 4.79 Å². The van der Waals surface area contributed by atoms with Crippen LogP contribution < -0.4 is 4.90 Å². The van der Waals surface area contributed by atoms with Gasteiger partial charge < -0.3 is 4.90 Å². The van der Waals surface area contributed by atoms with Crippen LogP contribution in [0.1, 0.15) is 29.3 Å². The number of amides is 1. The number of hydrogen-bond acceptors (Lipinski definition) is 1. The largest absolute Gasteiger partial charge is 0.311 e. The minimum Gasteiger partial charge on any atom is -0.311 e. The zero-order valence-corrected chi connectivity index (χ0v) is 11.5. The molecule has 0 aliphatic carbocycles. The molecule has 19 heavy (non-hydrogen) atoms. The van der Waals surface area contributed by atoms with Gasteiger partial charge >= 0.3 is 0 Å². The predicted molar refractivity (Wildman–Crippen MR) is 79.6 cm³/mol. The number of para-hydroxylation sites is 1. The molecule has 0 bridgehead atoms. The molecule has 0 radical (unpaired) electrons. The van der Waals surface area contributed by atoms with Gasteiger partial charge in [-0.25, -0.2) is 0 Å². The summed E-state index contributed by atoms with van der Waals surface area (Å²) in [5.74, 6) is 0.0225. The van der Waals surface area contributed by atoms with Gasteiger partial charge in [0.1, 0.15) is 0 Å². The van der Waals surface area contributed by atoms with Crippen molar-refractivity contribution in [1.82, 2.24) is 0 Å². The lowest BCUT2D eigenvalue weighted by atomic mass is 10.1. The molecule has 0 spiro atoms. The number of hydrogen-bond donors (Lipinski definition) is 0. The smallest absolute Gasteiger partial charge is 0.258 e. The third-order valence-corrected chi connectivity index (χ3v) is 3.19. The van der Waals surface area contributed by atoms with Crippen LogP contribution in [-0.4, -0.2) is 13.0 Å². The van der Waals surface area contributed by atoms with Crippen LogP contribution in [0.2, 0.25) is 0 Å². The van der Waals surface area contributed by atoms with Gasteiger partial charge in [-0.15, -0.1) is 0 Å². The van der Waals surface area contributed by atoms with Crippen molar-refractivity contribution < 1.29 is 4.79 Å². The van der Waals surface area contributed by atoms with Crippen molar-refractivity contribution in [2.75, 3.05) is 11.9 Å². The summed E-state index contributed by atoms with van der Waals surface area (Å²) in [6.45, 7) is 2.16. The first-order valence-corrected chi connectivity index (χ1v) is 6.64. The van der Waals surface area contributed by atoms with Crippen molar-refractivity contribution in [3.8, 4) is 0 Å². The van der Waals surface area contributed by atoms with Crippen LogP contribution in [0, 0.1) is 0 Å². The Morgan fingerprint density at radius 3 is 2.21 bits per heavy atom. The third kappa shape index (κ3) is 3.22. The molecule has 0 saturated carbocycles. The Morgan fingerprint density at radius 1 is 1.00 bits per heavy atom. The van der Waals surface area contributed by atoms with Crippen molar-refractivity contribution in [2.45, 2.75) is 19.8 Å². The highest BCUT2D eigenvalue weighted by Gasteiger charge is 2.12. The van der Waals surface area contributed by atoms with Gasteiger partial charge in [-0.3, -0.25) is 4.79 Å². The lowest BCUT2D eigenvalue weighted by Gasteiger charge is -2.17. The number of carbonyl (C=O) groups excluding carboxylic acids is 1. The van der Waals surface area contributed by atoms with Gasteiger partial charge in [-0.1, -0.05) is 43.7 Å². The molecule has 2 aromatic carbocycles. The topological polar surface area (TPSA) is 20.3 Å². The van der Waals surface area contributed by atoms with E-state index < -0.39 is 0 Å². The number of aryl methyl sites for hydroxylation is 1. The average molecular weight is 253 g/mol. The van der Waals surface area contributed by atoms with Crippen LogP contribution in [0.3, 0.4) is 0 Å². The van der Waals surface area contributed by atoms with Gasteiger partial charge in [0.05, 0.1) is 0 Å². The molecule has 0 unspecified atom stereocenters. The van der Waals surface area contributed by atoms with Gasteiger partial charge in [0.2, 0.25) is 0 Å². The number of nitrogens with zero attached hydrogens (tertiary/aromatic N) is 1. The van der Waals surface area contributed by atoms with Crippen molar-refractivity contribution in [1.29, 1.82) is 0 Å².